The first-order valence-electron chi connectivity index (χ1n) is 9.24. The van der Waals surface area contributed by atoms with Gasteiger partial charge in [0.1, 0.15) is 0 Å². The number of carbonyl (C=O) groups excluding carboxylic acids is 3. The van der Waals surface area contributed by atoms with Gasteiger partial charge in [0, 0.05) is 37.6 Å². The Bertz CT molecular complexity index is 913. The fraction of sp³-hybridized carbons (Fsp3) is 0.333. The predicted octanol–water partition coefficient (Wildman–Crippen LogP) is 2.01. The van der Waals surface area contributed by atoms with Crippen LogP contribution in [-0.4, -0.2) is 67.6 Å². The number of ether oxygens (including phenoxy) is 2. The highest BCUT2D eigenvalue weighted by Crippen LogP contribution is 2.22. The maximum absolute atomic E-state index is 13.1. The molecule has 0 spiro atoms. The van der Waals surface area contributed by atoms with Crippen molar-refractivity contribution >= 4 is 23.5 Å². The predicted molar refractivity (Wildman–Crippen MR) is 106 cm³/mol. The number of hydrogen-bond donors (Lipinski definition) is 0. The van der Waals surface area contributed by atoms with Gasteiger partial charge in [-0.05, 0) is 43.3 Å². The molecular formula is C21H23N3O5. The van der Waals surface area contributed by atoms with Crippen LogP contribution in [0.25, 0.3) is 0 Å². The Morgan fingerprint density at radius 1 is 1.00 bits per heavy atom. The summed E-state index contributed by atoms with van der Waals surface area (Å²) in [7, 11) is 2.61. The molecule has 0 radical (unpaired) electrons. The van der Waals surface area contributed by atoms with Gasteiger partial charge in [0.15, 0.2) is 5.69 Å². The van der Waals surface area contributed by atoms with Crippen molar-refractivity contribution in [1.29, 1.82) is 0 Å². The van der Waals surface area contributed by atoms with E-state index in [1.54, 1.807) is 29.2 Å². The zero-order chi connectivity index (χ0) is 21.0. The average molecular weight is 397 g/mol. The average Bonchev–Trinajstić information content (AvgIpc) is 2.77. The van der Waals surface area contributed by atoms with Crippen LogP contribution in [0.3, 0.4) is 0 Å². The Kier molecular flexibility index (Phi) is 6.11. The Hall–Kier alpha value is -3.42. The van der Waals surface area contributed by atoms with Crippen molar-refractivity contribution in [2.45, 2.75) is 13.0 Å². The highest BCUT2D eigenvalue weighted by molar-refractivity contribution is 6.04. The number of amides is 1. The molecule has 1 aromatic heterocycles. The van der Waals surface area contributed by atoms with E-state index in [2.05, 4.69) is 9.88 Å². The van der Waals surface area contributed by atoms with Gasteiger partial charge in [-0.3, -0.25) is 4.79 Å². The molecule has 1 aliphatic heterocycles. The zero-order valence-electron chi connectivity index (χ0n) is 16.6. The van der Waals surface area contributed by atoms with E-state index in [9.17, 15) is 14.4 Å². The van der Waals surface area contributed by atoms with Gasteiger partial charge in [0.05, 0.1) is 25.3 Å². The number of pyridine rings is 1. The topological polar surface area (TPSA) is 89.0 Å². The monoisotopic (exact) mass is 397 g/mol. The second-order valence-electron chi connectivity index (χ2n) is 6.72. The van der Waals surface area contributed by atoms with Crippen molar-refractivity contribution in [1.82, 2.24) is 9.88 Å². The van der Waals surface area contributed by atoms with Crippen molar-refractivity contribution in [2.24, 2.45) is 0 Å². The van der Waals surface area contributed by atoms with E-state index in [1.165, 1.54) is 20.4 Å². The summed E-state index contributed by atoms with van der Waals surface area (Å²) >= 11 is 0. The number of nitrogens with zero attached hydrogens (tertiary/aromatic N) is 3. The maximum atomic E-state index is 13.1. The van der Waals surface area contributed by atoms with Gasteiger partial charge in [0.25, 0.3) is 5.91 Å². The van der Waals surface area contributed by atoms with E-state index in [1.807, 2.05) is 19.1 Å². The number of aromatic nitrogens is 1. The van der Waals surface area contributed by atoms with Gasteiger partial charge in [-0.1, -0.05) is 0 Å². The number of hydrogen-bond acceptors (Lipinski definition) is 7. The van der Waals surface area contributed by atoms with Crippen LogP contribution in [0, 0.1) is 0 Å². The molecule has 1 aliphatic rings. The van der Waals surface area contributed by atoms with Crippen LogP contribution in [0.1, 0.15) is 38.1 Å². The summed E-state index contributed by atoms with van der Waals surface area (Å²) in [5.41, 5.74) is 1.72. The Morgan fingerprint density at radius 2 is 1.69 bits per heavy atom. The molecule has 8 heteroatoms. The van der Waals surface area contributed by atoms with E-state index >= 15 is 0 Å². The first-order valence-corrected chi connectivity index (χ1v) is 9.24. The van der Waals surface area contributed by atoms with Crippen molar-refractivity contribution in [2.75, 3.05) is 38.8 Å². The molecular weight excluding hydrogens is 374 g/mol. The summed E-state index contributed by atoms with van der Waals surface area (Å²) in [4.78, 5) is 44.5. The summed E-state index contributed by atoms with van der Waals surface area (Å²) in [6.07, 6.45) is 1.46. The third kappa shape index (κ3) is 4.21. The fourth-order valence-electron chi connectivity index (χ4n) is 3.41. The van der Waals surface area contributed by atoms with E-state index in [-0.39, 0.29) is 29.2 Å². The summed E-state index contributed by atoms with van der Waals surface area (Å²) in [5.74, 6) is -1.25. The second-order valence-corrected chi connectivity index (χ2v) is 6.72. The standard InChI is InChI=1S/C21H23N3O5/c1-14-13-23(16-8-6-15(7-9-16)20(26)28-2)11-12-24(14)19(25)17-5-4-10-22-18(17)21(27)29-3/h4-10,14H,11-13H2,1-3H3. The molecule has 1 fully saturated rings. The van der Waals surface area contributed by atoms with E-state index in [0.29, 0.717) is 25.2 Å². The number of benzene rings is 1. The third-order valence-electron chi connectivity index (χ3n) is 4.96. The molecule has 3 rings (SSSR count). The lowest BCUT2D eigenvalue weighted by molar-refractivity contribution is 0.0573. The van der Waals surface area contributed by atoms with Crippen LogP contribution in [0.4, 0.5) is 5.69 Å². The number of carbonyl (C=O) groups is 3. The summed E-state index contributed by atoms with van der Waals surface area (Å²) < 4.78 is 9.46. The van der Waals surface area contributed by atoms with Crippen LogP contribution in [0.15, 0.2) is 42.6 Å². The van der Waals surface area contributed by atoms with E-state index in [0.717, 1.165) is 5.69 Å². The van der Waals surface area contributed by atoms with E-state index in [4.69, 9.17) is 9.47 Å². The first kappa shape index (κ1) is 20.3. The number of rotatable bonds is 4. The lowest BCUT2D eigenvalue weighted by Crippen LogP contribution is -2.54. The smallest absolute Gasteiger partial charge is 0.357 e. The SMILES string of the molecule is COC(=O)c1ccc(N2CCN(C(=O)c3cccnc3C(=O)OC)C(C)C2)cc1. The molecule has 152 valence electrons. The van der Waals surface area contributed by atoms with Gasteiger partial charge >= 0.3 is 11.9 Å². The Labute approximate surface area is 169 Å². The minimum atomic E-state index is -0.633. The second kappa shape index (κ2) is 8.72. The molecule has 2 aromatic rings. The summed E-state index contributed by atoms with van der Waals surface area (Å²) in [5, 5.41) is 0. The van der Waals surface area contributed by atoms with Gasteiger partial charge < -0.3 is 19.3 Å². The van der Waals surface area contributed by atoms with Gasteiger partial charge in [0.2, 0.25) is 0 Å². The minimum absolute atomic E-state index is 0.0213. The van der Waals surface area contributed by atoms with Crippen LogP contribution in [-0.2, 0) is 9.47 Å². The molecule has 0 saturated carbocycles. The molecule has 2 heterocycles. The number of anilines is 1. The van der Waals surface area contributed by atoms with Gasteiger partial charge in [-0.25, -0.2) is 14.6 Å². The van der Waals surface area contributed by atoms with Crippen molar-refractivity contribution < 1.29 is 23.9 Å². The maximum Gasteiger partial charge on any atom is 0.357 e. The molecule has 1 aromatic carbocycles. The number of methoxy groups -OCH3 is 2. The first-order chi connectivity index (χ1) is 14.0. The quantitative estimate of drug-likeness (QED) is 0.729. The summed E-state index contributed by atoms with van der Waals surface area (Å²) in [6, 6.07) is 10.3. The molecule has 1 unspecified atom stereocenters. The lowest BCUT2D eigenvalue weighted by atomic mass is 10.1. The largest absolute Gasteiger partial charge is 0.465 e. The van der Waals surface area contributed by atoms with Crippen LogP contribution < -0.4 is 4.90 Å². The zero-order valence-corrected chi connectivity index (χ0v) is 16.6. The molecule has 0 N–H and O–H groups in total. The van der Waals surface area contributed by atoms with Crippen molar-refractivity contribution in [3.63, 3.8) is 0 Å². The van der Waals surface area contributed by atoms with Gasteiger partial charge in [-0.2, -0.15) is 0 Å². The highest BCUT2D eigenvalue weighted by Gasteiger charge is 2.31. The highest BCUT2D eigenvalue weighted by atomic mass is 16.5. The molecule has 0 bridgehead atoms. The fourth-order valence-corrected chi connectivity index (χ4v) is 3.41. The molecule has 1 saturated heterocycles. The number of esters is 2. The third-order valence-corrected chi connectivity index (χ3v) is 4.96. The Morgan fingerprint density at radius 3 is 2.31 bits per heavy atom. The summed E-state index contributed by atoms with van der Waals surface area (Å²) in [6.45, 7) is 3.70. The van der Waals surface area contributed by atoms with Crippen molar-refractivity contribution in [3.05, 3.63) is 59.4 Å². The Balaban J connectivity index is 1.73. The van der Waals surface area contributed by atoms with Crippen LogP contribution in [0.5, 0.6) is 0 Å². The van der Waals surface area contributed by atoms with Crippen LogP contribution >= 0.6 is 0 Å². The minimum Gasteiger partial charge on any atom is -0.465 e. The van der Waals surface area contributed by atoms with Crippen LogP contribution in [0.2, 0.25) is 0 Å². The molecule has 1 amide bonds. The lowest BCUT2D eigenvalue weighted by Gasteiger charge is -2.41. The van der Waals surface area contributed by atoms with E-state index < -0.39 is 5.97 Å². The van der Waals surface area contributed by atoms with Crippen molar-refractivity contribution in [3.8, 4) is 0 Å². The molecule has 29 heavy (non-hydrogen) atoms. The van der Waals surface area contributed by atoms with Gasteiger partial charge in [-0.15, -0.1) is 0 Å². The number of piperazine rings is 1. The molecule has 8 nitrogen and oxygen atoms in total. The molecule has 0 aliphatic carbocycles. The normalized spacial score (nSPS) is 16.3. The molecule has 1 atom stereocenters.